The van der Waals surface area contributed by atoms with Crippen LogP contribution in [0.25, 0.3) is 11.3 Å². The summed E-state index contributed by atoms with van der Waals surface area (Å²) in [5.41, 5.74) is 0.605. The van der Waals surface area contributed by atoms with E-state index in [0.717, 1.165) is 32.5 Å². The van der Waals surface area contributed by atoms with Crippen molar-refractivity contribution in [3.63, 3.8) is 0 Å². The second-order valence-corrected chi connectivity index (χ2v) is 6.16. The molecule has 0 unspecified atom stereocenters. The Labute approximate surface area is 139 Å². The zero-order chi connectivity index (χ0) is 17.3. The minimum Gasteiger partial charge on any atom is -0.478 e. The Morgan fingerprint density at radius 1 is 1.17 bits per heavy atom. The van der Waals surface area contributed by atoms with Crippen LogP contribution in [0.2, 0.25) is 0 Å². The molecule has 1 saturated heterocycles. The first-order valence-electron chi connectivity index (χ1n) is 8.09. The normalized spacial score (nSPS) is 15.1. The zero-order valence-corrected chi connectivity index (χ0v) is 13.6. The number of nitrogens with zero attached hydrogens (tertiary/aromatic N) is 2. The zero-order valence-electron chi connectivity index (χ0n) is 13.6. The molecule has 0 saturated carbocycles. The van der Waals surface area contributed by atoms with E-state index in [1.54, 1.807) is 11.5 Å². The van der Waals surface area contributed by atoms with Crippen LogP contribution < -0.4 is 0 Å². The van der Waals surface area contributed by atoms with Crippen LogP contribution in [0.3, 0.4) is 0 Å². The molecule has 0 amide bonds. The number of carbonyl (C=O) groups is 1. The molecule has 1 fully saturated rings. The maximum absolute atomic E-state index is 14.2. The highest BCUT2D eigenvalue weighted by atomic mass is 19.1. The van der Waals surface area contributed by atoms with E-state index in [0.29, 0.717) is 17.8 Å². The van der Waals surface area contributed by atoms with E-state index in [2.05, 4.69) is 4.90 Å². The van der Waals surface area contributed by atoms with Crippen LogP contribution in [0.15, 0.2) is 24.4 Å². The van der Waals surface area contributed by atoms with E-state index < -0.39 is 17.6 Å². The smallest absolute Gasteiger partial charge is 0.337 e. The van der Waals surface area contributed by atoms with E-state index >= 15 is 0 Å². The molecule has 0 atom stereocenters. The Kier molecular flexibility index (Phi) is 4.66. The third kappa shape index (κ3) is 3.06. The Morgan fingerprint density at radius 3 is 2.38 bits per heavy atom. The van der Waals surface area contributed by atoms with Crippen LogP contribution in [-0.2, 0) is 6.54 Å². The number of aromatic nitrogens is 1. The molecule has 0 aliphatic carbocycles. The number of carboxylic acids is 1. The largest absolute Gasteiger partial charge is 0.478 e. The van der Waals surface area contributed by atoms with Gasteiger partial charge in [0.05, 0.1) is 16.8 Å². The standard InChI is InChI=1S/C18H20F2N2O2/c1-12-13(18(23)24)11-22(10-9-21-7-2-3-8-21)17(12)16-14(19)5-4-6-15(16)20/h4-6,11H,2-3,7-10H2,1H3,(H,23,24). The monoisotopic (exact) mass is 334 g/mol. The topological polar surface area (TPSA) is 45.5 Å². The number of aromatic carboxylic acids is 1. The summed E-state index contributed by atoms with van der Waals surface area (Å²) in [6, 6.07) is 3.69. The number of likely N-dealkylation sites (tertiary alicyclic amines) is 1. The lowest BCUT2D eigenvalue weighted by molar-refractivity contribution is 0.0696. The van der Waals surface area contributed by atoms with Crippen LogP contribution in [-0.4, -0.2) is 40.2 Å². The van der Waals surface area contributed by atoms with Gasteiger partial charge in [-0.3, -0.25) is 0 Å². The van der Waals surface area contributed by atoms with Gasteiger partial charge < -0.3 is 14.6 Å². The molecular weight excluding hydrogens is 314 g/mol. The van der Waals surface area contributed by atoms with Gasteiger partial charge in [-0.15, -0.1) is 0 Å². The van der Waals surface area contributed by atoms with Crippen LogP contribution in [0.4, 0.5) is 8.78 Å². The summed E-state index contributed by atoms with van der Waals surface area (Å²) in [5.74, 6) is -2.46. The van der Waals surface area contributed by atoms with Crippen LogP contribution in [0, 0.1) is 18.6 Å². The number of hydrogen-bond donors (Lipinski definition) is 1. The van der Waals surface area contributed by atoms with E-state index in [9.17, 15) is 18.7 Å². The second-order valence-electron chi connectivity index (χ2n) is 6.16. The van der Waals surface area contributed by atoms with Gasteiger partial charge in [0.15, 0.2) is 0 Å². The third-order valence-corrected chi connectivity index (χ3v) is 4.62. The van der Waals surface area contributed by atoms with Gasteiger partial charge in [0, 0.05) is 19.3 Å². The van der Waals surface area contributed by atoms with Crippen molar-refractivity contribution in [3.05, 3.63) is 47.2 Å². The van der Waals surface area contributed by atoms with Crippen LogP contribution >= 0.6 is 0 Å². The highest BCUT2D eigenvalue weighted by Crippen LogP contribution is 2.32. The molecule has 24 heavy (non-hydrogen) atoms. The lowest BCUT2D eigenvalue weighted by Crippen LogP contribution is -2.24. The molecule has 2 aromatic rings. The highest BCUT2D eigenvalue weighted by molar-refractivity contribution is 5.92. The van der Waals surface area contributed by atoms with Crippen molar-refractivity contribution in [1.82, 2.24) is 9.47 Å². The van der Waals surface area contributed by atoms with E-state index in [1.165, 1.54) is 24.4 Å². The molecular formula is C18H20F2N2O2. The summed E-state index contributed by atoms with van der Waals surface area (Å²) in [5, 5.41) is 9.36. The molecule has 1 aliphatic heterocycles. The van der Waals surface area contributed by atoms with Crippen molar-refractivity contribution < 1.29 is 18.7 Å². The summed E-state index contributed by atoms with van der Waals surface area (Å²) in [6.07, 6.45) is 3.79. The molecule has 1 aliphatic rings. The molecule has 3 rings (SSSR count). The number of benzene rings is 1. The fourth-order valence-corrected chi connectivity index (χ4v) is 3.36. The lowest BCUT2D eigenvalue weighted by atomic mass is 10.0. The van der Waals surface area contributed by atoms with Gasteiger partial charge in [-0.05, 0) is 50.6 Å². The summed E-state index contributed by atoms with van der Waals surface area (Å²) in [7, 11) is 0. The summed E-state index contributed by atoms with van der Waals surface area (Å²) in [4.78, 5) is 13.7. The first-order chi connectivity index (χ1) is 11.5. The fraction of sp³-hybridized carbons (Fsp3) is 0.389. The molecule has 128 valence electrons. The molecule has 1 aromatic heterocycles. The Balaban J connectivity index is 2.03. The summed E-state index contributed by atoms with van der Waals surface area (Å²) in [6.45, 7) is 4.84. The van der Waals surface area contributed by atoms with Gasteiger partial charge in [-0.1, -0.05) is 6.07 Å². The average Bonchev–Trinajstić information content (AvgIpc) is 3.14. The van der Waals surface area contributed by atoms with Crippen molar-refractivity contribution >= 4 is 5.97 Å². The molecule has 0 radical (unpaired) electrons. The predicted molar refractivity (Wildman–Crippen MR) is 87.2 cm³/mol. The third-order valence-electron chi connectivity index (χ3n) is 4.62. The maximum Gasteiger partial charge on any atom is 0.337 e. The fourth-order valence-electron chi connectivity index (χ4n) is 3.36. The Hall–Kier alpha value is -2.21. The van der Waals surface area contributed by atoms with Gasteiger partial charge in [-0.2, -0.15) is 0 Å². The molecule has 6 heteroatoms. The minimum absolute atomic E-state index is 0.0778. The maximum atomic E-state index is 14.2. The van der Waals surface area contributed by atoms with Gasteiger partial charge in [0.1, 0.15) is 11.6 Å². The SMILES string of the molecule is Cc1c(C(=O)O)cn(CCN2CCCC2)c1-c1c(F)cccc1F. The molecule has 1 aromatic carbocycles. The van der Waals surface area contributed by atoms with E-state index in [4.69, 9.17) is 0 Å². The molecule has 4 nitrogen and oxygen atoms in total. The number of carboxylic acid groups (broad SMARTS) is 1. The van der Waals surface area contributed by atoms with Gasteiger partial charge >= 0.3 is 5.97 Å². The molecule has 0 spiro atoms. The van der Waals surface area contributed by atoms with Crippen molar-refractivity contribution in [2.45, 2.75) is 26.3 Å². The van der Waals surface area contributed by atoms with Crippen molar-refractivity contribution in [1.29, 1.82) is 0 Å². The van der Waals surface area contributed by atoms with Gasteiger partial charge in [0.2, 0.25) is 0 Å². The van der Waals surface area contributed by atoms with E-state index in [-0.39, 0.29) is 11.1 Å². The van der Waals surface area contributed by atoms with Crippen molar-refractivity contribution in [3.8, 4) is 11.3 Å². The summed E-state index contributed by atoms with van der Waals surface area (Å²) >= 11 is 0. The Morgan fingerprint density at radius 2 is 1.79 bits per heavy atom. The first-order valence-corrected chi connectivity index (χ1v) is 8.09. The second kappa shape index (κ2) is 6.73. The van der Waals surface area contributed by atoms with Gasteiger partial charge in [0.25, 0.3) is 0 Å². The van der Waals surface area contributed by atoms with Crippen molar-refractivity contribution in [2.24, 2.45) is 0 Å². The van der Waals surface area contributed by atoms with Crippen LogP contribution in [0.5, 0.6) is 0 Å². The molecule has 0 bridgehead atoms. The predicted octanol–water partition coefficient (Wildman–Crippen LogP) is 3.54. The van der Waals surface area contributed by atoms with Crippen molar-refractivity contribution in [2.75, 3.05) is 19.6 Å². The highest BCUT2D eigenvalue weighted by Gasteiger charge is 2.23. The average molecular weight is 334 g/mol. The quantitative estimate of drug-likeness (QED) is 0.910. The van der Waals surface area contributed by atoms with Crippen LogP contribution in [0.1, 0.15) is 28.8 Å². The first kappa shape index (κ1) is 16.6. The number of hydrogen-bond acceptors (Lipinski definition) is 2. The number of rotatable bonds is 5. The molecule has 1 N–H and O–H groups in total. The lowest BCUT2D eigenvalue weighted by Gasteiger charge is -2.17. The number of halogens is 2. The molecule has 2 heterocycles. The summed E-state index contributed by atoms with van der Waals surface area (Å²) < 4.78 is 30.1. The van der Waals surface area contributed by atoms with E-state index in [1.807, 2.05) is 0 Å². The van der Waals surface area contributed by atoms with Gasteiger partial charge in [-0.25, -0.2) is 13.6 Å². The Bertz CT molecular complexity index is 744. The minimum atomic E-state index is -1.09.